The molecule has 1 aromatic carbocycles. The molecular weight excluding hydrogens is 204 g/mol. The summed E-state index contributed by atoms with van der Waals surface area (Å²) >= 11 is 0. The molecule has 4 nitrogen and oxygen atoms in total. The summed E-state index contributed by atoms with van der Waals surface area (Å²) in [7, 11) is 0. The Morgan fingerprint density at radius 1 is 1.38 bits per heavy atom. The fourth-order valence-corrected chi connectivity index (χ4v) is 1.44. The first-order chi connectivity index (χ1) is 7.70. The molecule has 2 N–H and O–H groups in total. The first kappa shape index (κ1) is 10.2. The van der Waals surface area contributed by atoms with Crippen LogP contribution in [0, 0.1) is 0 Å². The van der Waals surface area contributed by atoms with Crippen molar-refractivity contribution >= 4 is 22.5 Å². The smallest absolute Gasteiger partial charge is 0.247 e. The number of hydrogen-bond acceptors (Lipinski definition) is 2. The Morgan fingerprint density at radius 3 is 2.94 bits per heavy atom. The van der Waals surface area contributed by atoms with Gasteiger partial charge in [-0.05, 0) is 24.3 Å². The number of anilines is 1. The molecule has 0 unspecified atom stereocenters. The minimum atomic E-state index is -0.299. The van der Waals surface area contributed by atoms with Gasteiger partial charge in [-0.15, -0.1) is 0 Å². The Hall–Kier alpha value is -2.36. The highest BCUT2D eigenvalue weighted by Gasteiger charge is 2.01. The number of fused-ring (bicyclic) bond motifs is 1. The molecule has 1 heterocycles. The number of hydrogen-bond donors (Lipinski definition) is 2. The highest BCUT2D eigenvalue weighted by molar-refractivity contribution is 6.00. The third-order valence-corrected chi connectivity index (χ3v) is 2.21. The molecule has 0 aliphatic rings. The van der Waals surface area contributed by atoms with E-state index in [1.54, 1.807) is 24.4 Å². The molecule has 2 aromatic rings. The number of pyridine rings is 1. The average Bonchev–Trinajstić information content (AvgIpc) is 2.30. The summed E-state index contributed by atoms with van der Waals surface area (Å²) < 4.78 is 0. The van der Waals surface area contributed by atoms with Crippen LogP contribution in [0.15, 0.2) is 47.9 Å². The molecule has 0 aliphatic carbocycles. The number of aromatic nitrogens is 1. The second kappa shape index (κ2) is 4.02. The van der Waals surface area contributed by atoms with E-state index in [4.69, 9.17) is 0 Å². The summed E-state index contributed by atoms with van der Waals surface area (Å²) in [6, 6.07) is 6.55. The van der Waals surface area contributed by atoms with Gasteiger partial charge in [-0.1, -0.05) is 6.58 Å². The number of carbonyl (C=O) groups is 1. The maximum atomic E-state index is 11.5. The van der Waals surface area contributed by atoms with E-state index < -0.39 is 0 Å². The third-order valence-electron chi connectivity index (χ3n) is 2.21. The lowest BCUT2D eigenvalue weighted by Gasteiger charge is -2.03. The van der Waals surface area contributed by atoms with Gasteiger partial charge in [-0.25, -0.2) is 0 Å². The predicted molar refractivity (Wildman–Crippen MR) is 63.4 cm³/mol. The lowest BCUT2D eigenvalue weighted by molar-refractivity contribution is -0.111. The van der Waals surface area contributed by atoms with Crippen LogP contribution in [0.1, 0.15) is 0 Å². The van der Waals surface area contributed by atoms with Crippen molar-refractivity contribution in [3.8, 4) is 0 Å². The van der Waals surface area contributed by atoms with Crippen molar-refractivity contribution in [3.63, 3.8) is 0 Å². The summed E-state index contributed by atoms with van der Waals surface area (Å²) in [5.74, 6) is -0.299. The van der Waals surface area contributed by atoms with Gasteiger partial charge in [0.15, 0.2) is 5.43 Å². The van der Waals surface area contributed by atoms with E-state index in [1.165, 1.54) is 12.1 Å². The van der Waals surface area contributed by atoms with Gasteiger partial charge in [-0.3, -0.25) is 9.59 Å². The summed E-state index contributed by atoms with van der Waals surface area (Å²) in [5, 5.41) is 3.15. The van der Waals surface area contributed by atoms with Crippen molar-refractivity contribution in [1.82, 2.24) is 4.98 Å². The van der Waals surface area contributed by atoms with Gasteiger partial charge in [-0.2, -0.15) is 0 Å². The Bertz CT molecular complexity index is 614. The lowest BCUT2D eigenvalue weighted by atomic mass is 10.2. The third kappa shape index (κ3) is 1.86. The van der Waals surface area contributed by atoms with E-state index in [1.807, 2.05) is 0 Å². The molecule has 80 valence electrons. The summed E-state index contributed by atoms with van der Waals surface area (Å²) in [6.45, 7) is 3.36. The zero-order valence-corrected chi connectivity index (χ0v) is 8.49. The van der Waals surface area contributed by atoms with Gasteiger partial charge in [0.05, 0.1) is 0 Å². The molecule has 0 fully saturated rings. The highest BCUT2D eigenvalue weighted by Crippen LogP contribution is 2.14. The molecule has 0 aliphatic heterocycles. The number of carbonyl (C=O) groups excluding carboxylic acids is 1. The maximum absolute atomic E-state index is 11.5. The van der Waals surface area contributed by atoms with E-state index in [-0.39, 0.29) is 11.3 Å². The monoisotopic (exact) mass is 214 g/mol. The molecule has 0 spiro atoms. The fraction of sp³-hybridized carbons (Fsp3) is 0. The van der Waals surface area contributed by atoms with Gasteiger partial charge in [0, 0.05) is 28.9 Å². The van der Waals surface area contributed by atoms with Gasteiger partial charge < -0.3 is 10.3 Å². The Balaban J connectivity index is 2.51. The molecule has 0 saturated carbocycles. The Morgan fingerprint density at radius 2 is 2.19 bits per heavy atom. The second-order valence-corrected chi connectivity index (χ2v) is 3.30. The predicted octanol–water partition coefficient (Wildman–Crippen LogP) is 1.65. The van der Waals surface area contributed by atoms with Crippen molar-refractivity contribution in [2.45, 2.75) is 0 Å². The first-order valence-corrected chi connectivity index (χ1v) is 4.75. The molecule has 0 radical (unpaired) electrons. The molecule has 1 amide bonds. The van der Waals surface area contributed by atoms with Crippen LogP contribution >= 0.6 is 0 Å². The second-order valence-electron chi connectivity index (χ2n) is 3.30. The molecule has 1 aromatic heterocycles. The topological polar surface area (TPSA) is 62.0 Å². The zero-order valence-electron chi connectivity index (χ0n) is 8.49. The minimum Gasteiger partial charge on any atom is -0.361 e. The molecule has 0 bridgehead atoms. The lowest BCUT2D eigenvalue weighted by Crippen LogP contribution is -2.08. The molecule has 0 saturated heterocycles. The van der Waals surface area contributed by atoms with Gasteiger partial charge in [0.1, 0.15) is 0 Å². The molecule has 2 rings (SSSR count). The SMILES string of the molecule is C=CC(=O)Nc1ccc2[nH]ccc(=O)c2c1. The van der Waals surface area contributed by atoms with Crippen molar-refractivity contribution < 1.29 is 4.79 Å². The van der Waals surface area contributed by atoms with Crippen molar-refractivity contribution in [1.29, 1.82) is 0 Å². The Kier molecular flexibility index (Phi) is 2.55. The Labute approximate surface area is 91.6 Å². The molecular formula is C12H10N2O2. The van der Waals surface area contributed by atoms with E-state index in [9.17, 15) is 9.59 Å². The normalized spacial score (nSPS) is 10.0. The van der Waals surface area contributed by atoms with Crippen LogP contribution in [0.5, 0.6) is 0 Å². The van der Waals surface area contributed by atoms with Crippen LogP contribution in [0.2, 0.25) is 0 Å². The van der Waals surface area contributed by atoms with Crippen molar-refractivity contribution in [3.05, 3.63) is 53.3 Å². The number of aromatic amines is 1. The highest BCUT2D eigenvalue weighted by atomic mass is 16.1. The van der Waals surface area contributed by atoms with Crippen molar-refractivity contribution in [2.24, 2.45) is 0 Å². The van der Waals surface area contributed by atoms with Crippen LogP contribution in [-0.4, -0.2) is 10.9 Å². The van der Waals surface area contributed by atoms with E-state index in [0.717, 1.165) is 5.52 Å². The van der Waals surface area contributed by atoms with Gasteiger partial charge in [0.2, 0.25) is 5.91 Å². The standard InChI is InChI=1S/C12H10N2O2/c1-2-12(16)14-8-3-4-10-9(7-8)11(15)5-6-13-10/h2-7H,1H2,(H,13,15)(H,14,16). The van der Waals surface area contributed by atoms with Crippen LogP contribution in [-0.2, 0) is 4.79 Å². The summed E-state index contributed by atoms with van der Waals surface area (Å²) in [5.41, 5.74) is 1.24. The zero-order chi connectivity index (χ0) is 11.5. The summed E-state index contributed by atoms with van der Waals surface area (Å²) in [6.07, 6.45) is 2.77. The van der Waals surface area contributed by atoms with Crippen LogP contribution < -0.4 is 10.7 Å². The summed E-state index contributed by atoms with van der Waals surface area (Å²) in [4.78, 5) is 25.6. The van der Waals surface area contributed by atoms with E-state index >= 15 is 0 Å². The maximum Gasteiger partial charge on any atom is 0.247 e. The van der Waals surface area contributed by atoms with Crippen LogP contribution in [0.3, 0.4) is 0 Å². The average molecular weight is 214 g/mol. The number of rotatable bonds is 2. The molecule has 16 heavy (non-hydrogen) atoms. The van der Waals surface area contributed by atoms with Gasteiger partial charge in [0.25, 0.3) is 0 Å². The number of H-pyrrole nitrogens is 1. The molecule has 4 heteroatoms. The molecule has 0 atom stereocenters. The van der Waals surface area contributed by atoms with E-state index in [0.29, 0.717) is 11.1 Å². The number of benzene rings is 1. The van der Waals surface area contributed by atoms with Crippen LogP contribution in [0.4, 0.5) is 5.69 Å². The van der Waals surface area contributed by atoms with Crippen LogP contribution in [0.25, 0.3) is 10.9 Å². The largest absolute Gasteiger partial charge is 0.361 e. The minimum absolute atomic E-state index is 0.0801. The number of nitrogens with one attached hydrogen (secondary N) is 2. The van der Waals surface area contributed by atoms with E-state index in [2.05, 4.69) is 16.9 Å². The van der Waals surface area contributed by atoms with Gasteiger partial charge >= 0.3 is 0 Å². The fourth-order valence-electron chi connectivity index (χ4n) is 1.44. The first-order valence-electron chi connectivity index (χ1n) is 4.75. The van der Waals surface area contributed by atoms with Crippen molar-refractivity contribution in [2.75, 3.05) is 5.32 Å². The quantitative estimate of drug-likeness (QED) is 0.747. The number of amides is 1.